The highest BCUT2D eigenvalue weighted by atomic mass is 32.2. The largest absolute Gasteiger partial charge is 0.354 e. The fourth-order valence-corrected chi connectivity index (χ4v) is 0.768. The summed E-state index contributed by atoms with van der Waals surface area (Å²) in [7, 11) is 1.69. The van der Waals surface area contributed by atoms with Crippen molar-refractivity contribution in [1.29, 1.82) is 0 Å². The molecule has 0 radical (unpaired) electrons. The molecule has 0 rings (SSSR count). The van der Waals surface area contributed by atoms with Crippen molar-refractivity contribution in [2.24, 2.45) is 10.8 Å². The van der Waals surface area contributed by atoms with Crippen LogP contribution >= 0.6 is 11.8 Å². The number of hydrogen-bond donors (Lipinski definition) is 3. The van der Waals surface area contributed by atoms with Gasteiger partial charge in [-0.25, -0.2) is 5.84 Å². The summed E-state index contributed by atoms with van der Waals surface area (Å²) in [5, 5.41) is 3.63. The lowest BCUT2D eigenvalue weighted by atomic mass is 10.5. The van der Waals surface area contributed by atoms with Crippen molar-refractivity contribution < 1.29 is 0 Å². The molecular formula is C6H16N4S. The molecule has 5 heteroatoms. The Balaban J connectivity index is 3.51. The molecule has 0 aromatic rings. The SMILES string of the molecule is CN=C(NN)NCC(C)SC. The van der Waals surface area contributed by atoms with Gasteiger partial charge in [-0.1, -0.05) is 6.92 Å². The van der Waals surface area contributed by atoms with E-state index in [1.165, 1.54) is 0 Å². The van der Waals surface area contributed by atoms with Crippen molar-refractivity contribution in [1.82, 2.24) is 10.7 Å². The first-order valence-corrected chi connectivity index (χ1v) is 4.73. The monoisotopic (exact) mass is 176 g/mol. The molecule has 0 aliphatic rings. The van der Waals surface area contributed by atoms with E-state index in [1.807, 2.05) is 0 Å². The number of aliphatic imine (C=N–C) groups is 1. The number of nitrogens with zero attached hydrogens (tertiary/aromatic N) is 1. The van der Waals surface area contributed by atoms with Gasteiger partial charge in [-0.05, 0) is 6.26 Å². The maximum Gasteiger partial charge on any atom is 0.205 e. The predicted octanol–water partition coefficient (Wildman–Crippen LogP) is -0.223. The Morgan fingerprint density at radius 3 is 2.73 bits per heavy atom. The van der Waals surface area contributed by atoms with Gasteiger partial charge in [-0.3, -0.25) is 10.4 Å². The van der Waals surface area contributed by atoms with Crippen LogP contribution < -0.4 is 16.6 Å². The molecule has 0 aliphatic heterocycles. The van der Waals surface area contributed by atoms with E-state index in [4.69, 9.17) is 5.84 Å². The molecule has 66 valence electrons. The van der Waals surface area contributed by atoms with Gasteiger partial charge in [0.2, 0.25) is 5.96 Å². The second kappa shape index (κ2) is 6.30. The molecule has 0 saturated carbocycles. The molecule has 0 aromatic heterocycles. The molecule has 11 heavy (non-hydrogen) atoms. The minimum absolute atomic E-state index is 0.570. The van der Waals surface area contributed by atoms with Crippen LogP contribution in [0.4, 0.5) is 0 Å². The first kappa shape index (κ1) is 10.6. The Labute approximate surface area is 72.0 Å². The van der Waals surface area contributed by atoms with Crippen molar-refractivity contribution in [2.45, 2.75) is 12.2 Å². The normalized spacial score (nSPS) is 14.4. The molecule has 0 aromatic carbocycles. The van der Waals surface area contributed by atoms with Gasteiger partial charge < -0.3 is 5.32 Å². The lowest BCUT2D eigenvalue weighted by molar-refractivity contribution is 0.811. The van der Waals surface area contributed by atoms with Crippen molar-refractivity contribution in [3.63, 3.8) is 0 Å². The van der Waals surface area contributed by atoms with Gasteiger partial charge in [0, 0.05) is 18.8 Å². The number of guanidine groups is 1. The van der Waals surface area contributed by atoms with E-state index in [0.29, 0.717) is 11.2 Å². The van der Waals surface area contributed by atoms with E-state index in [0.717, 1.165) is 6.54 Å². The zero-order chi connectivity index (χ0) is 8.69. The molecule has 4 nitrogen and oxygen atoms in total. The summed E-state index contributed by atoms with van der Waals surface area (Å²) in [6.45, 7) is 3.01. The summed E-state index contributed by atoms with van der Waals surface area (Å²) in [5.74, 6) is 5.79. The fourth-order valence-electron chi connectivity index (χ4n) is 0.518. The lowest BCUT2D eigenvalue weighted by Gasteiger charge is -2.11. The highest BCUT2D eigenvalue weighted by Gasteiger charge is 1.99. The van der Waals surface area contributed by atoms with Gasteiger partial charge in [-0.15, -0.1) is 0 Å². The second-order valence-electron chi connectivity index (χ2n) is 2.14. The molecule has 1 unspecified atom stereocenters. The van der Waals surface area contributed by atoms with Crippen LogP contribution in [0, 0.1) is 0 Å². The van der Waals surface area contributed by atoms with E-state index < -0.39 is 0 Å². The second-order valence-corrected chi connectivity index (χ2v) is 3.42. The van der Waals surface area contributed by atoms with Crippen molar-refractivity contribution in [3.8, 4) is 0 Å². The Morgan fingerprint density at radius 1 is 1.73 bits per heavy atom. The average molecular weight is 176 g/mol. The van der Waals surface area contributed by atoms with E-state index >= 15 is 0 Å². The third kappa shape index (κ3) is 4.92. The van der Waals surface area contributed by atoms with Crippen LogP contribution in [0.3, 0.4) is 0 Å². The molecule has 0 bridgehead atoms. The topological polar surface area (TPSA) is 62.4 Å². The van der Waals surface area contributed by atoms with E-state index in [2.05, 4.69) is 28.9 Å². The maximum absolute atomic E-state index is 5.16. The maximum atomic E-state index is 5.16. The average Bonchev–Trinajstić information content (AvgIpc) is 2.06. The predicted molar refractivity (Wildman–Crippen MR) is 51.7 cm³/mol. The fraction of sp³-hybridized carbons (Fsp3) is 0.833. The molecule has 1 atom stereocenters. The van der Waals surface area contributed by atoms with Gasteiger partial charge in [0.25, 0.3) is 0 Å². The minimum atomic E-state index is 0.570. The molecule has 0 aliphatic carbocycles. The van der Waals surface area contributed by atoms with Gasteiger partial charge in [0.05, 0.1) is 0 Å². The van der Waals surface area contributed by atoms with Gasteiger partial charge >= 0.3 is 0 Å². The lowest BCUT2D eigenvalue weighted by Crippen LogP contribution is -2.43. The standard InChI is InChI=1S/C6H16N4S/c1-5(11-3)4-9-6(8-2)10-7/h5H,4,7H2,1-3H3,(H2,8,9,10). The third-order valence-electron chi connectivity index (χ3n) is 1.32. The summed E-state index contributed by atoms with van der Waals surface area (Å²) in [5.41, 5.74) is 2.46. The minimum Gasteiger partial charge on any atom is -0.354 e. The summed E-state index contributed by atoms with van der Waals surface area (Å²) in [6, 6.07) is 0. The summed E-state index contributed by atoms with van der Waals surface area (Å²) >= 11 is 1.80. The summed E-state index contributed by atoms with van der Waals surface area (Å²) in [4.78, 5) is 3.87. The van der Waals surface area contributed by atoms with Crippen LogP contribution in [-0.2, 0) is 0 Å². The van der Waals surface area contributed by atoms with Crippen molar-refractivity contribution >= 4 is 17.7 Å². The number of hydrazine groups is 1. The van der Waals surface area contributed by atoms with E-state index in [1.54, 1.807) is 18.8 Å². The van der Waals surface area contributed by atoms with Crippen molar-refractivity contribution in [3.05, 3.63) is 0 Å². The molecule has 0 amide bonds. The molecule has 0 spiro atoms. The molecule has 0 fully saturated rings. The number of nitrogens with one attached hydrogen (secondary N) is 2. The smallest absolute Gasteiger partial charge is 0.205 e. The van der Waals surface area contributed by atoms with Gasteiger partial charge in [0.15, 0.2) is 0 Å². The zero-order valence-electron chi connectivity index (χ0n) is 7.22. The highest BCUT2D eigenvalue weighted by Crippen LogP contribution is 2.01. The Kier molecular flexibility index (Phi) is 6.06. The molecule has 0 heterocycles. The first-order chi connectivity index (χ1) is 5.24. The van der Waals surface area contributed by atoms with Crippen LogP contribution in [0.5, 0.6) is 0 Å². The van der Waals surface area contributed by atoms with Crippen LogP contribution in [-0.4, -0.2) is 31.1 Å². The number of hydrogen-bond acceptors (Lipinski definition) is 3. The Bertz CT molecular complexity index is 126. The van der Waals surface area contributed by atoms with Crippen LogP contribution in [0.2, 0.25) is 0 Å². The molecule has 4 N–H and O–H groups in total. The highest BCUT2D eigenvalue weighted by molar-refractivity contribution is 7.99. The van der Waals surface area contributed by atoms with E-state index in [9.17, 15) is 0 Å². The van der Waals surface area contributed by atoms with E-state index in [-0.39, 0.29) is 0 Å². The molecule has 0 saturated heterocycles. The summed E-state index contributed by atoms with van der Waals surface area (Å²) < 4.78 is 0. The molecular weight excluding hydrogens is 160 g/mol. The van der Waals surface area contributed by atoms with Crippen LogP contribution in [0.15, 0.2) is 4.99 Å². The summed E-state index contributed by atoms with van der Waals surface area (Å²) in [6.07, 6.45) is 2.07. The van der Waals surface area contributed by atoms with Crippen LogP contribution in [0.25, 0.3) is 0 Å². The quantitative estimate of drug-likeness (QED) is 0.241. The van der Waals surface area contributed by atoms with Crippen molar-refractivity contribution in [2.75, 3.05) is 19.8 Å². The van der Waals surface area contributed by atoms with Gasteiger partial charge in [0.1, 0.15) is 0 Å². The van der Waals surface area contributed by atoms with Crippen LogP contribution in [0.1, 0.15) is 6.92 Å². The Morgan fingerprint density at radius 2 is 2.36 bits per heavy atom. The number of rotatable bonds is 3. The number of thioether (sulfide) groups is 1. The number of nitrogens with two attached hydrogens (primary N) is 1. The first-order valence-electron chi connectivity index (χ1n) is 3.44. The third-order valence-corrected chi connectivity index (χ3v) is 2.29. The zero-order valence-corrected chi connectivity index (χ0v) is 8.03. The van der Waals surface area contributed by atoms with Gasteiger partial charge in [-0.2, -0.15) is 11.8 Å². The Hall–Kier alpha value is -0.420.